The van der Waals surface area contributed by atoms with Crippen LogP contribution in [0.4, 0.5) is 11.6 Å². The van der Waals surface area contributed by atoms with Crippen LogP contribution >= 0.6 is 11.6 Å². The van der Waals surface area contributed by atoms with Gasteiger partial charge in [0.2, 0.25) is 5.95 Å². The molecule has 1 N–H and O–H groups in total. The minimum atomic E-state index is -3.39. The predicted molar refractivity (Wildman–Crippen MR) is 130 cm³/mol. The van der Waals surface area contributed by atoms with Crippen LogP contribution in [0.25, 0.3) is 11.1 Å². The van der Waals surface area contributed by atoms with Crippen molar-refractivity contribution in [2.24, 2.45) is 0 Å². The summed E-state index contributed by atoms with van der Waals surface area (Å²) in [6.07, 6.45) is 5.70. The molecular weight excluding hydrogens is 494 g/mol. The smallest absolute Gasteiger partial charge is 0.227 e. The fourth-order valence-corrected chi connectivity index (χ4v) is 4.04. The standard InChI is InChI=1S/C22H22ClN7O4S/c1-14(12-30-13-26-28-29-30)34-21-8-15(4-6-18(21)23)16-10-24-22(25-11-16)27-19-9-17(35(3,31)32)5-7-20(19)33-2/h4-11,13-14H,12H2,1-3H3,(H,24,25,27)/t14-/m0/s1. The Morgan fingerprint density at radius 3 is 2.51 bits per heavy atom. The molecule has 2 heterocycles. The van der Waals surface area contributed by atoms with Gasteiger partial charge in [0.15, 0.2) is 9.84 Å². The Hall–Kier alpha value is -3.77. The van der Waals surface area contributed by atoms with Crippen molar-refractivity contribution in [3.63, 3.8) is 0 Å². The van der Waals surface area contributed by atoms with E-state index in [0.29, 0.717) is 28.8 Å². The molecule has 0 saturated carbocycles. The lowest BCUT2D eigenvalue weighted by Gasteiger charge is -2.16. The van der Waals surface area contributed by atoms with Gasteiger partial charge in [-0.25, -0.2) is 23.1 Å². The Bertz CT molecular complexity index is 1410. The van der Waals surface area contributed by atoms with Gasteiger partial charge in [-0.05, 0) is 53.2 Å². The van der Waals surface area contributed by atoms with Gasteiger partial charge in [0, 0.05) is 24.2 Å². The number of aromatic nitrogens is 6. The van der Waals surface area contributed by atoms with Crippen molar-refractivity contribution in [1.82, 2.24) is 30.2 Å². The molecule has 0 unspecified atom stereocenters. The molecule has 4 aromatic rings. The molecule has 0 aliphatic rings. The molecule has 0 bridgehead atoms. The summed E-state index contributed by atoms with van der Waals surface area (Å²) in [4.78, 5) is 8.86. The summed E-state index contributed by atoms with van der Waals surface area (Å²) in [5, 5.41) is 14.5. The second-order valence-corrected chi connectivity index (χ2v) is 10.1. The molecule has 0 saturated heterocycles. The number of tetrazole rings is 1. The molecule has 0 spiro atoms. The van der Waals surface area contributed by atoms with E-state index in [0.717, 1.165) is 17.4 Å². The third kappa shape index (κ3) is 6.03. The Morgan fingerprint density at radius 1 is 1.09 bits per heavy atom. The molecule has 1 atom stereocenters. The molecule has 13 heteroatoms. The highest BCUT2D eigenvalue weighted by Crippen LogP contribution is 2.32. The van der Waals surface area contributed by atoms with Gasteiger partial charge in [0.05, 0.1) is 29.3 Å². The van der Waals surface area contributed by atoms with Crippen LogP contribution < -0.4 is 14.8 Å². The summed E-state index contributed by atoms with van der Waals surface area (Å²) in [6, 6.07) is 9.92. The van der Waals surface area contributed by atoms with Crippen molar-refractivity contribution in [3.8, 4) is 22.6 Å². The maximum Gasteiger partial charge on any atom is 0.227 e. The highest BCUT2D eigenvalue weighted by Gasteiger charge is 2.14. The molecule has 35 heavy (non-hydrogen) atoms. The molecule has 0 fully saturated rings. The quantitative estimate of drug-likeness (QED) is 0.353. The second-order valence-electron chi connectivity index (χ2n) is 7.66. The zero-order chi connectivity index (χ0) is 25.0. The van der Waals surface area contributed by atoms with Gasteiger partial charge in [0.1, 0.15) is 23.9 Å². The molecule has 0 amide bonds. The zero-order valence-corrected chi connectivity index (χ0v) is 20.7. The largest absolute Gasteiger partial charge is 0.495 e. The summed E-state index contributed by atoms with van der Waals surface area (Å²) in [5.74, 6) is 1.24. The van der Waals surface area contributed by atoms with Crippen molar-refractivity contribution in [2.45, 2.75) is 24.5 Å². The first-order valence-electron chi connectivity index (χ1n) is 10.4. The maximum absolute atomic E-state index is 11.9. The minimum absolute atomic E-state index is 0.153. The Morgan fingerprint density at radius 2 is 1.86 bits per heavy atom. The van der Waals surface area contributed by atoms with Gasteiger partial charge in [-0.1, -0.05) is 17.7 Å². The number of sulfone groups is 1. The summed E-state index contributed by atoms with van der Waals surface area (Å²) >= 11 is 6.33. The van der Waals surface area contributed by atoms with Gasteiger partial charge >= 0.3 is 0 Å². The average Bonchev–Trinajstić information content (AvgIpc) is 3.33. The highest BCUT2D eigenvalue weighted by molar-refractivity contribution is 7.90. The first kappa shape index (κ1) is 24.4. The van der Waals surface area contributed by atoms with Crippen molar-refractivity contribution >= 4 is 33.1 Å². The number of hydrogen-bond donors (Lipinski definition) is 1. The Labute approximate surface area is 207 Å². The van der Waals surface area contributed by atoms with Crippen molar-refractivity contribution in [2.75, 3.05) is 18.7 Å². The van der Waals surface area contributed by atoms with Crippen molar-refractivity contribution in [1.29, 1.82) is 0 Å². The Balaban J connectivity index is 1.52. The van der Waals surface area contributed by atoms with E-state index < -0.39 is 9.84 Å². The van der Waals surface area contributed by atoms with E-state index in [-0.39, 0.29) is 16.9 Å². The molecular formula is C22H22ClN7O4S. The monoisotopic (exact) mass is 515 g/mol. The third-order valence-electron chi connectivity index (χ3n) is 4.93. The first-order valence-corrected chi connectivity index (χ1v) is 12.6. The molecule has 4 rings (SSSR count). The van der Waals surface area contributed by atoms with Crippen LogP contribution in [-0.2, 0) is 16.4 Å². The summed E-state index contributed by atoms with van der Waals surface area (Å²) in [5.41, 5.74) is 1.98. The average molecular weight is 516 g/mol. The van der Waals surface area contributed by atoms with Crippen LogP contribution in [0.5, 0.6) is 11.5 Å². The lowest BCUT2D eigenvalue weighted by Crippen LogP contribution is -2.20. The lowest BCUT2D eigenvalue weighted by atomic mass is 10.1. The fourth-order valence-electron chi connectivity index (χ4n) is 3.23. The number of nitrogens with one attached hydrogen (secondary N) is 1. The van der Waals surface area contributed by atoms with Crippen molar-refractivity contribution in [3.05, 3.63) is 60.1 Å². The number of ether oxygens (including phenoxy) is 2. The zero-order valence-electron chi connectivity index (χ0n) is 19.1. The van der Waals surface area contributed by atoms with Gasteiger partial charge < -0.3 is 14.8 Å². The van der Waals surface area contributed by atoms with E-state index in [9.17, 15) is 8.42 Å². The topological polar surface area (TPSA) is 134 Å². The number of anilines is 2. The van der Waals surface area contributed by atoms with Gasteiger partial charge in [-0.2, -0.15) is 0 Å². The maximum atomic E-state index is 11.9. The minimum Gasteiger partial charge on any atom is -0.495 e. The number of hydrogen-bond acceptors (Lipinski definition) is 10. The van der Waals surface area contributed by atoms with E-state index in [1.807, 2.05) is 19.1 Å². The van der Waals surface area contributed by atoms with E-state index in [2.05, 4.69) is 30.8 Å². The van der Waals surface area contributed by atoms with Gasteiger partial charge in [0.25, 0.3) is 0 Å². The lowest BCUT2D eigenvalue weighted by molar-refractivity contribution is 0.193. The summed E-state index contributed by atoms with van der Waals surface area (Å²) in [6.45, 7) is 2.35. The Kier molecular flexibility index (Phi) is 7.12. The summed E-state index contributed by atoms with van der Waals surface area (Å²) < 4.78 is 36.7. The van der Waals surface area contributed by atoms with E-state index in [1.165, 1.54) is 25.6 Å². The normalized spacial score (nSPS) is 12.2. The van der Waals surface area contributed by atoms with Crippen LogP contribution in [0.3, 0.4) is 0 Å². The number of halogens is 1. The van der Waals surface area contributed by atoms with Crippen molar-refractivity contribution < 1.29 is 17.9 Å². The van der Waals surface area contributed by atoms with E-state index >= 15 is 0 Å². The molecule has 2 aromatic heterocycles. The second kappa shape index (κ2) is 10.2. The van der Waals surface area contributed by atoms with Crippen LogP contribution in [0.2, 0.25) is 5.02 Å². The first-order chi connectivity index (χ1) is 16.7. The van der Waals surface area contributed by atoms with Crippen LogP contribution in [0.15, 0.2) is 60.0 Å². The van der Waals surface area contributed by atoms with Gasteiger partial charge in [-0.15, -0.1) is 5.10 Å². The molecule has 2 aromatic carbocycles. The van der Waals surface area contributed by atoms with Crippen LogP contribution in [0.1, 0.15) is 6.92 Å². The molecule has 0 aliphatic heterocycles. The SMILES string of the molecule is COc1ccc(S(C)(=O)=O)cc1Nc1ncc(-c2ccc(Cl)c(O[C@@H](C)Cn3cnnn3)c2)cn1. The number of methoxy groups -OCH3 is 1. The molecule has 11 nitrogen and oxygen atoms in total. The number of rotatable bonds is 9. The number of nitrogens with zero attached hydrogens (tertiary/aromatic N) is 6. The summed E-state index contributed by atoms with van der Waals surface area (Å²) in [7, 11) is -1.89. The molecule has 182 valence electrons. The van der Waals surface area contributed by atoms with Crippen LogP contribution in [-0.4, -0.2) is 58.1 Å². The predicted octanol–water partition coefficient (Wildman–Crippen LogP) is 3.41. The molecule has 0 radical (unpaired) electrons. The highest BCUT2D eigenvalue weighted by atomic mass is 35.5. The number of benzene rings is 2. The van der Waals surface area contributed by atoms with E-state index in [4.69, 9.17) is 21.1 Å². The molecule has 0 aliphatic carbocycles. The van der Waals surface area contributed by atoms with E-state index in [1.54, 1.807) is 29.2 Å². The van der Waals surface area contributed by atoms with Gasteiger partial charge in [-0.3, -0.25) is 0 Å². The fraction of sp³-hybridized carbons (Fsp3) is 0.227. The third-order valence-corrected chi connectivity index (χ3v) is 6.35. The van der Waals surface area contributed by atoms with Crippen LogP contribution in [0, 0.1) is 0 Å².